The third-order valence-electron chi connectivity index (χ3n) is 4.23. The fourth-order valence-corrected chi connectivity index (χ4v) is 3.26. The Bertz CT molecular complexity index is 754. The van der Waals surface area contributed by atoms with Gasteiger partial charge in [-0.3, -0.25) is 4.57 Å². The molecule has 0 bridgehead atoms. The zero-order chi connectivity index (χ0) is 16.9. The first-order valence-corrected chi connectivity index (χ1v) is 7.75. The Kier molecular flexibility index (Phi) is 3.66. The summed E-state index contributed by atoms with van der Waals surface area (Å²) in [5, 5.41) is 9.61. The Morgan fingerprint density at radius 1 is 1.33 bits per heavy atom. The van der Waals surface area contributed by atoms with E-state index in [1.165, 1.54) is 6.33 Å². The van der Waals surface area contributed by atoms with Crippen molar-refractivity contribution in [2.45, 2.75) is 44.4 Å². The van der Waals surface area contributed by atoms with E-state index in [9.17, 15) is 5.11 Å². The molecule has 2 fully saturated rings. The van der Waals surface area contributed by atoms with E-state index in [1.54, 1.807) is 17.8 Å². The van der Waals surface area contributed by atoms with Gasteiger partial charge < -0.3 is 29.8 Å². The normalized spacial score (nSPS) is 35.6. The van der Waals surface area contributed by atoms with E-state index in [1.807, 2.05) is 6.92 Å². The van der Waals surface area contributed by atoms with Gasteiger partial charge in [-0.15, -0.1) is 0 Å². The molecular weight excluding hydrogens is 318 g/mol. The van der Waals surface area contributed by atoms with Crippen LogP contribution in [0.4, 0.5) is 5.82 Å². The number of nitrogen functional groups attached to an aromatic ring is 1. The number of aliphatic hydroxyl groups excluding tert-OH is 1. The molecule has 0 amide bonds. The van der Waals surface area contributed by atoms with Crippen molar-refractivity contribution in [3.05, 3.63) is 12.7 Å². The third-order valence-corrected chi connectivity index (χ3v) is 4.23. The Hall–Kier alpha value is -1.85. The van der Waals surface area contributed by atoms with Crippen molar-refractivity contribution in [2.24, 2.45) is 0 Å². The molecular formula is C14H19N5O5. The molecule has 0 spiro atoms. The molecule has 10 heteroatoms. The van der Waals surface area contributed by atoms with Crippen LogP contribution in [0.15, 0.2) is 12.7 Å². The first-order valence-electron chi connectivity index (χ1n) is 7.75. The Balaban J connectivity index is 1.71. The number of nitrogens with zero attached hydrogens (tertiary/aromatic N) is 4. The van der Waals surface area contributed by atoms with Gasteiger partial charge in [-0.05, 0) is 6.92 Å². The molecule has 2 aromatic heterocycles. The van der Waals surface area contributed by atoms with E-state index in [-0.39, 0.29) is 12.4 Å². The first kappa shape index (κ1) is 15.7. The zero-order valence-corrected chi connectivity index (χ0v) is 13.3. The molecule has 2 aliphatic rings. The number of rotatable bonds is 4. The summed E-state index contributed by atoms with van der Waals surface area (Å²) >= 11 is 0. The highest BCUT2D eigenvalue weighted by atomic mass is 16.9. The number of hydrogen-bond acceptors (Lipinski definition) is 9. The van der Waals surface area contributed by atoms with Crippen LogP contribution >= 0.6 is 0 Å². The standard InChI is InChI=1S/C14H19N5O5/c1-3-21-14(2)23-9-7(4-20)22-13(10(9)24-14)19-6-18-8-11(15)16-5-17-12(8)19/h5-7,9-10,13,20H,3-4H2,1-2H3,(H2,15,16,17)/t7-,9+,10+,13-,14-/m0/s1. The predicted molar refractivity (Wildman–Crippen MR) is 80.5 cm³/mol. The molecule has 5 atom stereocenters. The summed E-state index contributed by atoms with van der Waals surface area (Å²) in [4.78, 5) is 12.4. The number of nitrogens with two attached hydrogens (primary N) is 1. The lowest BCUT2D eigenvalue weighted by Crippen LogP contribution is -2.35. The third kappa shape index (κ3) is 2.26. The summed E-state index contributed by atoms with van der Waals surface area (Å²) in [5.41, 5.74) is 6.84. The van der Waals surface area contributed by atoms with E-state index < -0.39 is 30.5 Å². The van der Waals surface area contributed by atoms with Gasteiger partial charge in [-0.1, -0.05) is 0 Å². The van der Waals surface area contributed by atoms with E-state index in [2.05, 4.69) is 15.0 Å². The van der Waals surface area contributed by atoms with Gasteiger partial charge in [0.1, 0.15) is 30.2 Å². The summed E-state index contributed by atoms with van der Waals surface area (Å²) in [6.07, 6.45) is 0.868. The van der Waals surface area contributed by atoms with Crippen LogP contribution < -0.4 is 5.73 Å². The van der Waals surface area contributed by atoms with Crippen LogP contribution in [0.25, 0.3) is 11.2 Å². The number of hydrogen-bond donors (Lipinski definition) is 2. The number of imidazole rings is 1. The summed E-state index contributed by atoms with van der Waals surface area (Å²) in [6.45, 7) is 3.79. The Morgan fingerprint density at radius 2 is 2.12 bits per heavy atom. The van der Waals surface area contributed by atoms with Gasteiger partial charge in [0.15, 0.2) is 17.7 Å². The molecule has 0 aromatic carbocycles. The molecule has 0 radical (unpaired) electrons. The highest BCUT2D eigenvalue weighted by Crippen LogP contribution is 2.44. The van der Waals surface area contributed by atoms with Crippen LogP contribution in [-0.2, 0) is 18.9 Å². The molecule has 0 aliphatic carbocycles. The van der Waals surface area contributed by atoms with Crippen LogP contribution in [0.5, 0.6) is 0 Å². The minimum absolute atomic E-state index is 0.201. The molecule has 4 rings (SSSR count). The molecule has 0 saturated carbocycles. The van der Waals surface area contributed by atoms with Crippen LogP contribution in [0.2, 0.25) is 0 Å². The van der Waals surface area contributed by atoms with Gasteiger partial charge in [-0.25, -0.2) is 15.0 Å². The summed E-state index contributed by atoms with van der Waals surface area (Å²) < 4.78 is 25.0. The lowest BCUT2D eigenvalue weighted by atomic mass is 10.1. The zero-order valence-electron chi connectivity index (χ0n) is 13.3. The minimum Gasteiger partial charge on any atom is -0.394 e. The highest BCUT2D eigenvalue weighted by molar-refractivity contribution is 5.81. The fourth-order valence-electron chi connectivity index (χ4n) is 3.26. The molecule has 2 aromatic rings. The number of aliphatic hydroxyl groups is 1. The van der Waals surface area contributed by atoms with Gasteiger partial charge in [0.25, 0.3) is 5.97 Å². The lowest BCUT2D eigenvalue weighted by Gasteiger charge is -2.26. The highest BCUT2D eigenvalue weighted by Gasteiger charge is 2.58. The van der Waals surface area contributed by atoms with Crippen molar-refractivity contribution in [3.8, 4) is 0 Å². The first-order chi connectivity index (χ1) is 11.6. The van der Waals surface area contributed by atoms with Gasteiger partial charge >= 0.3 is 0 Å². The SMILES string of the molecule is CCO[C@]1(C)O[C@@H]2[C@H](O1)[C@H](CO)O[C@@H]2n1cnc2c(N)ncnc21. The van der Waals surface area contributed by atoms with Crippen LogP contribution in [0, 0.1) is 0 Å². The van der Waals surface area contributed by atoms with Crippen molar-refractivity contribution < 1.29 is 24.1 Å². The molecule has 4 heterocycles. The maximum absolute atomic E-state index is 9.61. The Morgan fingerprint density at radius 3 is 2.88 bits per heavy atom. The maximum Gasteiger partial charge on any atom is 0.280 e. The van der Waals surface area contributed by atoms with Crippen LogP contribution in [0.3, 0.4) is 0 Å². The molecule has 3 N–H and O–H groups in total. The second-order valence-electron chi connectivity index (χ2n) is 5.79. The minimum atomic E-state index is -1.18. The van der Waals surface area contributed by atoms with E-state index >= 15 is 0 Å². The van der Waals surface area contributed by atoms with Gasteiger partial charge in [0.2, 0.25) is 0 Å². The van der Waals surface area contributed by atoms with Crippen molar-refractivity contribution in [1.29, 1.82) is 0 Å². The van der Waals surface area contributed by atoms with Crippen molar-refractivity contribution >= 4 is 17.0 Å². The number of anilines is 1. The number of fused-ring (bicyclic) bond motifs is 2. The average Bonchev–Trinajstić information content (AvgIpc) is 3.19. The molecule has 2 aliphatic heterocycles. The van der Waals surface area contributed by atoms with Crippen molar-refractivity contribution in [3.63, 3.8) is 0 Å². The topological polar surface area (TPSA) is 127 Å². The van der Waals surface area contributed by atoms with Crippen molar-refractivity contribution in [2.75, 3.05) is 18.9 Å². The summed E-state index contributed by atoms with van der Waals surface area (Å²) in [6, 6.07) is 0. The summed E-state index contributed by atoms with van der Waals surface area (Å²) in [7, 11) is 0. The summed E-state index contributed by atoms with van der Waals surface area (Å²) in [5.74, 6) is -0.890. The maximum atomic E-state index is 9.61. The Labute approximate surface area is 137 Å². The second-order valence-corrected chi connectivity index (χ2v) is 5.79. The van der Waals surface area contributed by atoms with Gasteiger partial charge in [0, 0.05) is 13.5 Å². The van der Waals surface area contributed by atoms with Crippen molar-refractivity contribution in [1.82, 2.24) is 19.5 Å². The van der Waals surface area contributed by atoms with E-state index in [0.29, 0.717) is 17.8 Å². The monoisotopic (exact) mass is 337 g/mol. The number of ether oxygens (including phenoxy) is 4. The average molecular weight is 337 g/mol. The predicted octanol–water partition coefficient (Wildman–Crippen LogP) is -0.208. The molecule has 24 heavy (non-hydrogen) atoms. The van der Waals surface area contributed by atoms with Gasteiger partial charge in [0.05, 0.1) is 12.9 Å². The molecule has 130 valence electrons. The fraction of sp³-hybridized carbons (Fsp3) is 0.643. The van der Waals surface area contributed by atoms with E-state index in [0.717, 1.165) is 0 Å². The quantitative estimate of drug-likeness (QED) is 0.779. The van der Waals surface area contributed by atoms with Crippen LogP contribution in [-0.4, -0.2) is 62.1 Å². The largest absolute Gasteiger partial charge is 0.394 e. The molecule has 2 saturated heterocycles. The number of aromatic nitrogens is 4. The smallest absolute Gasteiger partial charge is 0.280 e. The van der Waals surface area contributed by atoms with Crippen LogP contribution in [0.1, 0.15) is 20.1 Å². The lowest BCUT2D eigenvalue weighted by molar-refractivity contribution is -0.344. The molecule has 0 unspecified atom stereocenters. The van der Waals surface area contributed by atoms with E-state index in [4.69, 9.17) is 24.7 Å². The second kappa shape index (κ2) is 5.60. The van der Waals surface area contributed by atoms with Gasteiger partial charge in [-0.2, -0.15) is 0 Å². The molecule has 10 nitrogen and oxygen atoms in total.